The molecule has 4 aromatic rings. The molecule has 0 amide bonds. The van der Waals surface area contributed by atoms with Crippen LogP contribution in [-0.4, -0.2) is 15.7 Å². The maximum absolute atomic E-state index is 5.85. The van der Waals surface area contributed by atoms with Gasteiger partial charge in [0, 0.05) is 0 Å². The summed E-state index contributed by atoms with van der Waals surface area (Å²) in [4.78, 5) is 14.1. The van der Waals surface area contributed by atoms with Crippen molar-refractivity contribution < 1.29 is 4.42 Å². The second kappa shape index (κ2) is 6.80. The van der Waals surface area contributed by atoms with Crippen LogP contribution in [0.15, 0.2) is 64.0 Å². The van der Waals surface area contributed by atoms with E-state index in [0.717, 1.165) is 28.2 Å². The number of nitrogens with zero attached hydrogens (tertiary/aromatic N) is 3. The number of pyridine rings is 1. The zero-order valence-electron chi connectivity index (χ0n) is 15.9. The van der Waals surface area contributed by atoms with Gasteiger partial charge in [0.1, 0.15) is 11.2 Å². The molecule has 0 fully saturated rings. The molecule has 0 atom stereocenters. The fourth-order valence-electron chi connectivity index (χ4n) is 3.31. The third-order valence-corrected chi connectivity index (χ3v) is 4.55. The number of aromatic nitrogens is 2. The molecule has 0 N–H and O–H groups in total. The Morgan fingerprint density at radius 2 is 1.63 bits per heavy atom. The van der Waals surface area contributed by atoms with Crippen molar-refractivity contribution in [1.82, 2.24) is 9.97 Å². The molecule has 4 heteroatoms. The average Bonchev–Trinajstić information content (AvgIpc) is 3.09. The topological polar surface area (TPSA) is 51.3 Å². The van der Waals surface area contributed by atoms with Crippen LogP contribution in [0.5, 0.6) is 0 Å². The first-order valence-electron chi connectivity index (χ1n) is 8.98. The molecular weight excluding hydrogens is 334 g/mol. The lowest BCUT2D eigenvalue weighted by atomic mass is 10.1. The van der Waals surface area contributed by atoms with Gasteiger partial charge in [0.2, 0.25) is 5.89 Å². The molecule has 0 saturated heterocycles. The van der Waals surface area contributed by atoms with Crippen molar-refractivity contribution in [3.8, 4) is 11.6 Å². The van der Waals surface area contributed by atoms with Crippen LogP contribution in [0.2, 0.25) is 0 Å². The van der Waals surface area contributed by atoms with E-state index in [-0.39, 0.29) is 0 Å². The van der Waals surface area contributed by atoms with Crippen molar-refractivity contribution in [3.05, 3.63) is 77.0 Å². The molecule has 0 bridgehead atoms. The zero-order valence-corrected chi connectivity index (χ0v) is 15.9. The molecule has 0 spiro atoms. The second-order valence-corrected chi connectivity index (χ2v) is 6.84. The van der Waals surface area contributed by atoms with E-state index in [4.69, 9.17) is 14.4 Å². The van der Waals surface area contributed by atoms with E-state index in [1.807, 2.05) is 49.4 Å². The number of para-hydroxylation sites is 2. The number of aryl methyl sites for hydroxylation is 3. The largest absolute Gasteiger partial charge is 0.435 e. The average molecular weight is 355 g/mol. The van der Waals surface area contributed by atoms with Crippen molar-refractivity contribution in [2.45, 2.75) is 27.7 Å². The maximum Gasteiger partial charge on any atom is 0.246 e. The lowest BCUT2D eigenvalue weighted by molar-refractivity contribution is 0.616. The minimum absolute atomic E-state index is 0.522. The van der Waals surface area contributed by atoms with E-state index in [2.05, 4.69) is 37.9 Å². The van der Waals surface area contributed by atoms with Crippen LogP contribution in [0.1, 0.15) is 29.3 Å². The van der Waals surface area contributed by atoms with Gasteiger partial charge in [-0.15, -0.1) is 0 Å². The molecule has 0 unspecified atom stereocenters. The monoisotopic (exact) mass is 355 g/mol. The van der Waals surface area contributed by atoms with E-state index >= 15 is 0 Å². The molecule has 27 heavy (non-hydrogen) atoms. The Kier molecular flexibility index (Phi) is 4.32. The molecule has 4 rings (SSSR count). The lowest BCUT2D eigenvalue weighted by Gasteiger charge is -2.08. The Morgan fingerprint density at radius 3 is 2.37 bits per heavy atom. The highest BCUT2D eigenvalue weighted by Gasteiger charge is 2.11. The summed E-state index contributed by atoms with van der Waals surface area (Å²) in [7, 11) is 0. The first-order valence-corrected chi connectivity index (χ1v) is 8.98. The first kappa shape index (κ1) is 17.2. The van der Waals surface area contributed by atoms with Gasteiger partial charge in [-0.2, -0.15) is 0 Å². The standard InChI is InChI=1S/C23H21N3O/c1-14-12-15(2)22(16(3)13-14)24-17(4)18-9-7-10-20(25-18)23-26-19-8-5-6-11-21(19)27-23/h5-13H,1-4H3. The predicted molar refractivity (Wildman–Crippen MR) is 110 cm³/mol. The number of rotatable bonds is 3. The highest BCUT2D eigenvalue weighted by molar-refractivity contribution is 5.99. The smallest absolute Gasteiger partial charge is 0.246 e. The Hall–Kier alpha value is -3.27. The number of hydrogen-bond donors (Lipinski definition) is 0. The fourth-order valence-corrected chi connectivity index (χ4v) is 3.31. The molecule has 0 aliphatic carbocycles. The van der Waals surface area contributed by atoms with E-state index in [1.54, 1.807) is 0 Å². The molecule has 0 aliphatic rings. The third-order valence-electron chi connectivity index (χ3n) is 4.55. The molecule has 2 aromatic carbocycles. The summed E-state index contributed by atoms with van der Waals surface area (Å²) >= 11 is 0. The van der Waals surface area contributed by atoms with Gasteiger partial charge in [0.25, 0.3) is 0 Å². The highest BCUT2D eigenvalue weighted by atomic mass is 16.3. The van der Waals surface area contributed by atoms with Crippen LogP contribution in [0.4, 0.5) is 5.69 Å². The summed E-state index contributed by atoms with van der Waals surface area (Å²) in [5, 5.41) is 0. The molecule has 2 heterocycles. The van der Waals surface area contributed by atoms with E-state index in [9.17, 15) is 0 Å². The van der Waals surface area contributed by atoms with Gasteiger partial charge in [0.05, 0.1) is 17.1 Å². The Bertz CT molecular complexity index is 1120. The van der Waals surface area contributed by atoms with Crippen molar-refractivity contribution in [2.75, 3.05) is 0 Å². The number of fused-ring (bicyclic) bond motifs is 1. The fraction of sp³-hybridized carbons (Fsp3) is 0.174. The van der Waals surface area contributed by atoms with Gasteiger partial charge in [-0.1, -0.05) is 35.9 Å². The zero-order chi connectivity index (χ0) is 19.0. The van der Waals surface area contributed by atoms with E-state index < -0.39 is 0 Å². The van der Waals surface area contributed by atoms with Crippen LogP contribution in [0, 0.1) is 20.8 Å². The molecular formula is C23H21N3O. The maximum atomic E-state index is 5.85. The number of benzene rings is 2. The van der Waals surface area contributed by atoms with Gasteiger partial charge in [-0.05, 0) is 63.1 Å². The molecule has 0 saturated carbocycles. The highest BCUT2D eigenvalue weighted by Crippen LogP contribution is 2.27. The molecule has 0 radical (unpaired) electrons. The Labute approximate surface area is 158 Å². The number of hydrogen-bond acceptors (Lipinski definition) is 4. The summed E-state index contributed by atoms with van der Waals surface area (Å²) in [5.74, 6) is 0.522. The van der Waals surface area contributed by atoms with Gasteiger partial charge in [-0.3, -0.25) is 4.99 Å². The first-order chi connectivity index (χ1) is 13.0. The summed E-state index contributed by atoms with van der Waals surface area (Å²) in [5.41, 5.74) is 8.56. The van der Waals surface area contributed by atoms with Crippen molar-refractivity contribution in [1.29, 1.82) is 0 Å². The van der Waals surface area contributed by atoms with Crippen molar-refractivity contribution >= 4 is 22.5 Å². The van der Waals surface area contributed by atoms with E-state index in [1.165, 1.54) is 16.7 Å². The van der Waals surface area contributed by atoms with Crippen LogP contribution >= 0.6 is 0 Å². The van der Waals surface area contributed by atoms with Crippen LogP contribution in [0.3, 0.4) is 0 Å². The van der Waals surface area contributed by atoms with Crippen LogP contribution < -0.4 is 0 Å². The number of aliphatic imine (C=N–C) groups is 1. The van der Waals surface area contributed by atoms with Gasteiger partial charge >= 0.3 is 0 Å². The minimum atomic E-state index is 0.522. The van der Waals surface area contributed by atoms with Crippen LogP contribution in [0.25, 0.3) is 22.7 Å². The summed E-state index contributed by atoms with van der Waals surface area (Å²) in [6, 6.07) is 17.9. The van der Waals surface area contributed by atoms with Gasteiger partial charge in [0.15, 0.2) is 5.58 Å². The van der Waals surface area contributed by atoms with E-state index in [0.29, 0.717) is 11.6 Å². The normalized spacial score (nSPS) is 11.9. The summed E-state index contributed by atoms with van der Waals surface area (Å²) in [6.45, 7) is 8.27. The lowest BCUT2D eigenvalue weighted by Crippen LogP contribution is -2.00. The molecule has 0 aliphatic heterocycles. The third kappa shape index (κ3) is 3.38. The second-order valence-electron chi connectivity index (χ2n) is 6.84. The predicted octanol–water partition coefficient (Wildman–Crippen LogP) is 5.96. The van der Waals surface area contributed by atoms with Gasteiger partial charge < -0.3 is 4.42 Å². The van der Waals surface area contributed by atoms with Crippen molar-refractivity contribution in [3.63, 3.8) is 0 Å². The minimum Gasteiger partial charge on any atom is -0.435 e. The Balaban J connectivity index is 1.74. The SMILES string of the molecule is CC(=Nc1c(C)cc(C)cc1C)c1cccc(-c2nc3ccccc3o2)n1. The Morgan fingerprint density at radius 1 is 0.889 bits per heavy atom. The molecule has 4 nitrogen and oxygen atoms in total. The van der Waals surface area contributed by atoms with Crippen molar-refractivity contribution in [2.24, 2.45) is 4.99 Å². The molecule has 2 aromatic heterocycles. The summed E-state index contributed by atoms with van der Waals surface area (Å²) in [6.07, 6.45) is 0. The summed E-state index contributed by atoms with van der Waals surface area (Å²) < 4.78 is 5.85. The van der Waals surface area contributed by atoms with Crippen LogP contribution in [-0.2, 0) is 0 Å². The molecule has 134 valence electrons. The number of oxazole rings is 1. The van der Waals surface area contributed by atoms with Gasteiger partial charge in [-0.25, -0.2) is 9.97 Å². The quantitative estimate of drug-likeness (QED) is 0.426.